The van der Waals surface area contributed by atoms with Gasteiger partial charge in [-0.2, -0.15) is 0 Å². The van der Waals surface area contributed by atoms with Crippen molar-refractivity contribution in [1.82, 2.24) is 14.7 Å². The fraction of sp³-hybridized carbons (Fsp3) is 0.250. The van der Waals surface area contributed by atoms with Crippen LogP contribution in [0.25, 0.3) is 5.52 Å². The summed E-state index contributed by atoms with van der Waals surface area (Å²) in [6.45, 7) is 1.15. The largest absolute Gasteiger partial charge is 0.376 e. The number of hydrogen-bond donors (Lipinski definition) is 2. The van der Waals surface area contributed by atoms with Crippen LogP contribution in [0.4, 0.5) is 5.69 Å². The highest BCUT2D eigenvalue weighted by molar-refractivity contribution is 6.31. The molecule has 0 saturated carbocycles. The van der Waals surface area contributed by atoms with E-state index in [0.717, 1.165) is 19.4 Å². The van der Waals surface area contributed by atoms with Gasteiger partial charge >= 0.3 is 0 Å². The van der Waals surface area contributed by atoms with Gasteiger partial charge in [-0.15, -0.1) is 0 Å². The minimum Gasteiger partial charge on any atom is -0.376 e. The minimum absolute atomic E-state index is 0.0310. The molecule has 0 radical (unpaired) electrons. The third-order valence-electron chi connectivity index (χ3n) is 4.56. The molecule has 2 amide bonds. The second-order valence-electron chi connectivity index (χ2n) is 6.55. The summed E-state index contributed by atoms with van der Waals surface area (Å²) in [4.78, 5) is 29.7. The monoisotopic (exact) mass is 398 g/mol. The molecule has 2 aromatic heterocycles. The first-order valence-corrected chi connectivity index (χ1v) is 9.43. The van der Waals surface area contributed by atoms with Crippen molar-refractivity contribution in [3.63, 3.8) is 0 Å². The zero-order chi connectivity index (χ0) is 19.5. The van der Waals surface area contributed by atoms with E-state index in [9.17, 15) is 9.59 Å². The number of fused-ring (bicyclic) bond motifs is 1. The Labute approximate surface area is 166 Å². The quantitative estimate of drug-likeness (QED) is 0.691. The van der Waals surface area contributed by atoms with Crippen LogP contribution in [0.2, 0.25) is 5.02 Å². The van der Waals surface area contributed by atoms with Gasteiger partial charge in [-0.25, -0.2) is 4.98 Å². The topological polar surface area (TPSA) is 84.7 Å². The van der Waals surface area contributed by atoms with Gasteiger partial charge in [0.1, 0.15) is 0 Å². The first-order chi connectivity index (χ1) is 13.6. The van der Waals surface area contributed by atoms with E-state index < -0.39 is 5.91 Å². The summed E-state index contributed by atoms with van der Waals surface area (Å²) in [6, 6.07) is 12.2. The maximum absolute atomic E-state index is 12.8. The number of halogens is 1. The van der Waals surface area contributed by atoms with E-state index in [1.807, 2.05) is 0 Å². The Morgan fingerprint density at radius 1 is 1.21 bits per heavy atom. The Kier molecular flexibility index (Phi) is 5.27. The lowest BCUT2D eigenvalue weighted by Crippen LogP contribution is -2.32. The minimum atomic E-state index is -0.429. The Hall–Kier alpha value is -2.90. The SMILES string of the molecule is O=C(NCC1CCCO1)c1nc(C(=O)Nc2cccc(Cl)c2)n2ccccc12. The van der Waals surface area contributed by atoms with E-state index in [1.54, 1.807) is 53.1 Å². The number of aromatic nitrogens is 2. The fourth-order valence-electron chi connectivity index (χ4n) is 3.21. The Morgan fingerprint density at radius 2 is 2.11 bits per heavy atom. The lowest BCUT2D eigenvalue weighted by atomic mass is 10.2. The highest BCUT2D eigenvalue weighted by Gasteiger charge is 2.23. The van der Waals surface area contributed by atoms with Crippen LogP contribution in [-0.2, 0) is 4.74 Å². The normalized spacial score (nSPS) is 16.2. The van der Waals surface area contributed by atoms with Gasteiger partial charge in [0, 0.05) is 30.1 Å². The number of pyridine rings is 1. The molecule has 3 heterocycles. The van der Waals surface area contributed by atoms with E-state index in [1.165, 1.54) is 0 Å². The van der Waals surface area contributed by atoms with Crippen LogP contribution in [0.5, 0.6) is 0 Å². The maximum atomic E-state index is 12.8. The summed E-state index contributed by atoms with van der Waals surface area (Å²) in [6.07, 6.45) is 3.66. The molecule has 1 aliphatic rings. The summed E-state index contributed by atoms with van der Waals surface area (Å²) >= 11 is 5.97. The molecule has 28 heavy (non-hydrogen) atoms. The third kappa shape index (κ3) is 3.85. The van der Waals surface area contributed by atoms with E-state index >= 15 is 0 Å². The Bertz CT molecular complexity index is 1030. The van der Waals surface area contributed by atoms with Crippen molar-refractivity contribution in [2.24, 2.45) is 0 Å². The molecule has 144 valence electrons. The van der Waals surface area contributed by atoms with Crippen molar-refractivity contribution >= 4 is 34.6 Å². The highest BCUT2D eigenvalue weighted by atomic mass is 35.5. The van der Waals surface area contributed by atoms with Crippen LogP contribution >= 0.6 is 11.6 Å². The second kappa shape index (κ2) is 8.00. The number of nitrogens with one attached hydrogen (secondary N) is 2. The molecule has 4 rings (SSSR count). The van der Waals surface area contributed by atoms with E-state index in [4.69, 9.17) is 16.3 Å². The number of benzene rings is 1. The lowest BCUT2D eigenvalue weighted by molar-refractivity contribution is 0.0855. The fourth-order valence-corrected chi connectivity index (χ4v) is 3.40. The molecule has 1 unspecified atom stereocenters. The zero-order valence-electron chi connectivity index (χ0n) is 15.0. The van der Waals surface area contributed by atoms with Crippen molar-refractivity contribution in [2.75, 3.05) is 18.5 Å². The number of anilines is 1. The molecule has 0 aliphatic carbocycles. The zero-order valence-corrected chi connectivity index (χ0v) is 15.8. The average molecular weight is 399 g/mol. The maximum Gasteiger partial charge on any atom is 0.292 e. The number of rotatable bonds is 5. The number of imidazole rings is 1. The molecule has 0 spiro atoms. The first-order valence-electron chi connectivity index (χ1n) is 9.05. The molecular formula is C20H19ClN4O3. The van der Waals surface area contributed by atoms with Gasteiger partial charge in [-0.1, -0.05) is 23.7 Å². The number of amides is 2. The van der Waals surface area contributed by atoms with Crippen LogP contribution in [0.15, 0.2) is 48.7 Å². The molecular weight excluding hydrogens is 380 g/mol. The van der Waals surface area contributed by atoms with Gasteiger partial charge in [-0.3, -0.25) is 14.0 Å². The first kappa shape index (κ1) is 18.5. The van der Waals surface area contributed by atoms with Crippen molar-refractivity contribution in [2.45, 2.75) is 18.9 Å². The number of nitrogens with zero attached hydrogens (tertiary/aromatic N) is 2. The molecule has 1 fully saturated rings. The van der Waals surface area contributed by atoms with Crippen LogP contribution in [0.3, 0.4) is 0 Å². The van der Waals surface area contributed by atoms with Gasteiger partial charge in [-0.05, 0) is 43.2 Å². The van der Waals surface area contributed by atoms with Crippen LogP contribution in [0, 0.1) is 0 Å². The van der Waals surface area contributed by atoms with E-state index in [2.05, 4.69) is 15.6 Å². The Morgan fingerprint density at radius 3 is 2.89 bits per heavy atom. The summed E-state index contributed by atoms with van der Waals surface area (Å²) < 4.78 is 7.13. The van der Waals surface area contributed by atoms with Crippen LogP contribution in [-0.4, -0.2) is 40.5 Å². The van der Waals surface area contributed by atoms with E-state index in [0.29, 0.717) is 22.8 Å². The number of carbonyl (C=O) groups is 2. The highest BCUT2D eigenvalue weighted by Crippen LogP contribution is 2.18. The summed E-state index contributed by atoms with van der Waals surface area (Å²) in [5, 5.41) is 6.13. The predicted molar refractivity (Wildman–Crippen MR) is 106 cm³/mol. The summed E-state index contributed by atoms with van der Waals surface area (Å²) in [5.41, 5.74) is 1.31. The van der Waals surface area contributed by atoms with Gasteiger partial charge in [0.05, 0.1) is 11.6 Å². The molecule has 3 aromatic rings. The smallest absolute Gasteiger partial charge is 0.292 e. The number of ether oxygens (including phenoxy) is 1. The Balaban J connectivity index is 1.58. The molecule has 8 heteroatoms. The summed E-state index contributed by atoms with van der Waals surface area (Å²) in [7, 11) is 0. The van der Waals surface area contributed by atoms with Gasteiger partial charge in [0.25, 0.3) is 11.8 Å². The summed E-state index contributed by atoms with van der Waals surface area (Å²) in [5.74, 6) is -0.638. The van der Waals surface area contributed by atoms with Gasteiger partial charge < -0.3 is 15.4 Å². The van der Waals surface area contributed by atoms with Crippen molar-refractivity contribution in [1.29, 1.82) is 0 Å². The molecule has 7 nitrogen and oxygen atoms in total. The number of carbonyl (C=O) groups excluding carboxylic acids is 2. The molecule has 1 aliphatic heterocycles. The molecule has 1 saturated heterocycles. The van der Waals surface area contributed by atoms with Crippen LogP contribution in [0.1, 0.15) is 33.9 Å². The second-order valence-corrected chi connectivity index (χ2v) is 6.99. The van der Waals surface area contributed by atoms with Crippen molar-refractivity contribution in [3.8, 4) is 0 Å². The predicted octanol–water partition coefficient (Wildman–Crippen LogP) is 3.15. The molecule has 1 aromatic carbocycles. The third-order valence-corrected chi connectivity index (χ3v) is 4.80. The van der Waals surface area contributed by atoms with Crippen molar-refractivity contribution in [3.05, 3.63) is 65.2 Å². The number of hydrogen-bond acceptors (Lipinski definition) is 4. The standard InChI is InChI=1S/C20H19ClN4O3/c21-13-5-3-6-14(11-13)23-20(27)18-24-17(16-8-1-2-9-25(16)18)19(26)22-12-15-7-4-10-28-15/h1-3,5-6,8-9,11,15H,4,7,10,12H2,(H,22,26)(H,23,27). The molecule has 2 N–H and O–H groups in total. The van der Waals surface area contributed by atoms with Gasteiger partial charge in [0.15, 0.2) is 5.69 Å². The van der Waals surface area contributed by atoms with Crippen LogP contribution < -0.4 is 10.6 Å². The molecule has 0 bridgehead atoms. The lowest BCUT2D eigenvalue weighted by Gasteiger charge is -2.09. The average Bonchev–Trinajstić information content (AvgIpc) is 3.34. The van der Waals surface area contributed by atoms with Gasteiger partial charge in [0.2, 0.25) is 5.82 Å². The van der Waals surface area contributed by atoms with E-state index in [-0.39, 0.29) is 23.5 Å². The molecule has 1 atom stereocenters. The van der Waals surface area contributed by atoms with Crippen molar-refractivity contribution < 1.29 is 14.3 Å².